The Labute approximate surface area is 205 Å². The molecule has 4 atom stereocenters. The molecule has 2 aromatic heterocycles. The van der Waals surface area contributed by atoms with Gasteiger partial charge in [0.25, 0.3) is 0 Å². The fraction of sp³-hybridized carbons (Fsp3) is 0.560. The molecule has 8 heteroatoms. The first kappa shape index (κ1) is 22.9. The van der Waals surface area contributed by atoms with E-state index in [4.69, 9.17) is 38.3 Å². The van der Waals surface area contributed by atoms with Crippen LogP contribution in [0.2, 0.25) is 10.0 Å². The standard InChI is InChI=1S/C25H32Cl2N6/c1-15-14-32(16(2)11-22(15)31-9-5-6-10-31)23-13-28-24-17(3)30-33(25(24)29-23)18(4)20-8-7-19(26)12-21(20)27/h7-8,12-13,15-16,18,22H,5-6,9-11,14H2,1-4H3/t15?,16-,18?,22?/m0/s1. The Morgan fingerprint density at radius 3 is 2.61 bits per heavy atom. The van der Waals surface area contributed by atoms with Gasteiger partial charge in [-0.2, -0.15) is 5.10 Å². The summed E-state index contributed by atoms with van der Waals surface area (Å²) < 4.78 is 1.95. The lowest BCUT2D eigenvalue weighted by Crippen LogP contribution is -2.53. The first-order chi connectivity index (χ1) is 15.8. The number of piperidine rings is 1. The van der Waals surface area contributed by atoms with Gasteiger partial charge in [0.1, 0.15) is 11.3 Å². The second-order valence-electron chi connectivity index (χ2n) is 9.80. The summed E-state index contributed by atoms with van der Waals surface area (Å²) in [5.41, 5.74) is 3.47. The second kappa shape index (κ2) is 9.05. The summed E-state index contributed by atoms with van der Waals surface area (Å²) >= 11 is 12.6. The molecule has 0 saturated carbocycles. The Balaban J connectivity index is 1.47. The van der Waals surface area contributed by atoms with Crippen molar-refractivity contribution in [2.45, 2.75) is 65.1 Å². The normalized spacial score (nSPS) is 25.2. The summed E-state index contributed by atoms with van der Waals surface area (Å²) in [6.45, 7) is 12.3. The van der Waals surface area contributed by atoms with Gasteiger partial charge in [-0.1, -0.05) is 36.2 Å². The number of benzene rings is 1. The van der Waals surface area contributed by atoms with E-state index in [2.05, 4.69) is 30.6 Å². The number of halogens is 2. The van der Waals surface area contributed by atoms with E-state index >= 15 is 0 Å². The topological polar surface area (TPSA) is 50.1 Å². The number of rotatable bonds is 4. The van der Waals surface area contributed by atoms with E-state index in [1.54, 1.807) is 6.07 Å². The maximum absolute atomic E-state index is 6.51. The minimum absolute atomic E-state index is 0.0900. The van der Waals surface area contributed by atoms with Gasteiger partial charge in [-0.25, -0.2) is 14.6 Å². The maximum atomic E-state index is 6.51. The van der Waals surface area contributed by atoms with E-state index in [1.165, 1.54) is 25.9 Å². The molecular weight excluding hydrogens is 455 g/mol. The van der Waals surface area contributed by atoms with Crippen LogP contribution in [0.25, 0.3) is 11.2 Å². The van der Waals surface area contributed by atoms with Crippen molar-refractivity contribution in [3.8, 4) is 0 Å². The highest BCUT2D eigenvalue weighted by atomic mass is 35.5. The lowest BCUT2D eigenvalue weighted by molar-refractivity contribution is 0.143. The fourth-order valence-electron chi connectivity index (χ4n) is 5.64. The molecule has 2 fully saturated rings. The highest BCUT2D eigenvalue weighted by Crippen LogP contribution is 2.34. The smallest absolute Gasteiger partial charge is 0.179 e. The number of nitrogens with zero attached hydrogens (tertiary/aromatic N) is 6. The maximum Gasteiger partial charge on any atom is 0.179 e. The van der Waals surface area contributed by atoms with Gasteiger partial charge in [0.05, 0.1) is 17.9 Å². The highest BCUT2D eigenvalue weighted by Gasteiger charge is 2.36. The average molecular weight is 487 g/mol. The van der Waals surface area contributed by atoms with Crippen LogP contribution in [-0.2, 0) is 0 Å². The molecule has 5 rings (SSSR count). The number of likely N-dealkylation sites (tertiary alicyclic amines) is 1. The van der Waals surface area contributed by atoms with Crippen molar-refractivity contribution in [2.24, 2.45) is 5.92 Å². The number of aryl methyl sites for hydroxylation is 1. The molecule has 3 unspecified atom stereocenters. The Hall–Kier alpha value is -1.89. The highest BCUT2D eigenvalue weighted by molar-refractivity contribution is 6.35. The molecule has 3 aromatic rings. The molecule has 2 aliphatic heterocycles. The predicted octanol–water partition coefficient (Wildman–Crippen LogP) is 5.75. The van der Waals surface area contributed by atoms with Gasteiger partial charge >= 0.3 is 0 Å². The van der Waals surface area contributed by atoms with Gasteiger partial charge in [0.2, 0.25) is 0 Å². The summed E-state index contributed by atoms with van der Waals surface area (Å²) in [6.07, 6.45) is 5.75. The summed E-state index contributed by atoms with van der Waals surface area (Å²) in [6, 6.07) is 6.59. The molecule has 0 aliphatic carbocycles. The molecule has 0 N–H and O–H groups in total. The number of aromatic nitrogens is 4. The van der Waals surface area contributed by atoms with Crippen LogP contribution in [0, 0.1) is 12.8 Å². The minimum Gasteiger partial charge on any atom is -0.352 e. The molecule has 0 spiro atoms. The van der Waals surface area contributed by atoms with Gasteiger partial charge in [-0.15, -0.1) is 0 Å². The zero-order valence-electron chi connectivity index (χ0n) is 19.8. The number of hydrogen-bond donors (Lipinski definition) is 0. The molecule has 0 bridgehead atoms. The van der Waals surface area contributed by atoms with E-state index < -0.39 is 0 Å². The van der Waals surface area contributed by atoms with Crippen LogP contribution < -0.4 is 4.90 Å². The van der Waals surface area contributed by atoms with E-state index in [1.807, 2.05) is 29.9 Å². The fourth-order valence-corrected chi connectivity index (χ4v) is 6.21. The first-order valence-corrected chi connectivity index (χ1v) is 12.8. The van der Waals surface area contributed by atoms with Gasteiger partial charge in [0.15, 0.2) is 5.65 Å². The zero-order chi connectivity index (χ0) is 23.3. The van der Waals surface area contributed by atoms with Gasteiger partial charge in [0, 0.05) is 28.7 Å². The molecule has 1 aromatic carbocycles. The van der Waals surface area contributed by atoms with E-state index in [-0.39, 0.29) is 6.04 Å². The monoisotopic (exact) mass is 486 g/mol. The van der Waals surface area contributed by atoms with E-state index in [0.717, 1.165) is 41.2 Å². The largest absolute Gasteiger partial charge is 0.352 e. The van der Waals surface area contributed by atoms with Crippen molar-refractivity contribution in [3.63, 3.8) is 0 Å². The summed E-state index contributed by atoms with van der Waals surface area (Å²) in [5.74, 6) is 1.52. The van der Waals surface area contributed by atoms with Crippen LogP contribution in [0.5, 0.6) is 0 Å². The zero-order valence-corrected chi connectivity index (χ0v) is 21.3. The van der Waals surface area contributed by atoms with E-state index in [0.29, 0.717) is 28.0 Å². The van der Waals surface area contributed by atoms with Crippen molar-refractivity contribution in [3.05, 3.63) is 45.7 Å². The average Bonchev–Trinajstić information content (AvgIpc) is 3.43. The van der Waals surface area contributed by atoms with Crippen LogP contribution in [-0.4, -0.2) is 56.4 Å². The molecule has 0 radical (unpaired) electrons. The number of fused-ring (bicyclic) bond motifs is 1. The molecule has 4 heterocycles. The van der Waals surface area contributed by atoms with Crippen LogP contribution in [0.1, 0.15) is 57.3 Å². The molecular formula is C25H32Cl2N6. The quantitative estimate of drug-likeness (QED) is 0.469. The lowest BCUT2D eigenvalue weighted by atomic mass is 9.88. The van der Waals surface area contributed by atoms with Gasteiger partial charge < -0.3 is 4.90 Å². The lowest BCUT2D eigenvalue weighted by Gasteiger charge is -2.45. The Kier molecular flexibility index (Phi) is 6.27. The SMILES string of the molecule is Cc1nn(C(C)c2ccc(Cl)cc2Cl)c2nc(N3CC(C)C(N4CCCC4)C[C@@H]3C)cnc12. The third-order valence-corrected chi connectivity index (χ3v) is 8.06. The third-order valence-electron chi connectivity index (χ3n) is 7.50. The van der Waals surface area contributed by atoms with Crippen molar-refractivity contribution < 1.29 is 0 Å². The number of anilines is 1. The molecule has 0 amide bonds. The molecule has 2 aliphatic rings. The second-order valence-corrected chi connectivity index (χ2v) is 10.6. The van der Waals surface area contributed by atoms with E-state index in [9.17, 15) is 0 Å². The van der Waals surface area contributed by atoms with Crippen LogP contribution >= 0.6 is 23.2 Å². The van der Waals surface area contributed by atoms with Crippen molar-refractivity contribution >= 4 is 40.2 Å². The van der Waals surface area contributed by atoms with Crippen LogP contribution in [0.3, 0.4) is 0 Å². The van der Waals surface area contributed by atoms with Crippen molar-refractivity contribution in [1.82, 2.24) is 24.6 Å². The Morgan fingerprint density at radius 1 is 1.12 bits per heavy atom. The molecule has 33 heavy (non-hydrogen) atoms. The van der Waals surface area contributed by atoms with Crippen molar-refractivity contribution in [2.75, 3.05) is 24.5 Å². The predicted molar refractivity (Wildman–Crippen MR) is 136 cm³/mol. The molecule has 2 saturated heterocycles. The molecule has 6 nitrogen and oxygen atoms in total. The van der Waals surface area contributed by atoms with Crippen LogP contribution in [0.15, 0.2) is 24.4 Å². The van der Waals surface area contributed by atoms with Crippen molar-refractivity contribution in [1.29, 1.82) is 0 Å². The first-order valence-electron chi connectivity index (χ1n) is 12.0. The van der Waals surface area contributed by atoms with Crippen LogP contribution in [0.4, 0.5) is 5.82 Å². The Morgan fingerprint density at radius 2 is 1.88 bits per heavy atom. The summed E-state index contributed by atoms with van der Waals surface area (Å²) in [7, 11) is 0. The summed E-state index contributed by atoms with van der Waals surface area (Å²) in [5, 5.41) is 6.05. The van der Waals surface area contributed by atoms with Gasteiger partial charge in [-0.3, -0.25) is 4.90 Å². The van der Waals surface area contributed by atoms with Gasteiger partial charge in [-0.05, 0) is 76.7 Å². The third kappa shape index (κ3) is 4.22. The minimum atomic E-state index is -0.0900. The number of hydrogen-bond acceptors (Lipinski definition) is 5. The molecule has 176 valence electrons. The Bertz CT molecular complexity index is 1160. The summed E-state index contributed by atoms with van der Waals surface area (Å²) in [4.78, 5) is 15.0.